The van der Waals surface area contributed by atoms with Crippen molar-refractivity contribution in [1.29, 1.82) is 0 Å². The van der Waals surface area contributed by atoms with Crippen LogP contribution in [0.25, 0.3) is 0 Å². The van der Waals surface area contributed by atoms with E-state index in [1.54, 1.807) is 0 Å². The summed E-state index contributed by atoms with van der Waals surface area (Å²) in [6, 6.07) is 1.10. The molecule has 8 heteroatoms. The predicted molar refractivity (Wildman–Crippen MR) is 51.5 cm³/mol. The second-order valence-electron chi connectivity index (χ2n) is 3.35. The zero-order chi connectivity index (χ0) is 11.9. The average molecular weight is 224 g/mol. The van der Waals surface area contributed by atoms with Crippen molar-refractivity contribution in [2.24, 2.45) is 5.73 Å². The summed E-state index contributed by atoms with van der Waals surface area (Å²) < 4.78 is 1.28. The van der Waals surface area contributed by atoms with Crippen molar-refractivity contribution >= 4 is 17.5 Å². The number of aromatic nitrogens is 1. The molecule has 1 aliphatic heterocycles. The topological polar surface area (TPSA) is 120 Å². The van der Waals surface area contributed by atoms with Crippen LogP contribution in [-0.4, -0.2) is 21.3 Å². The Bertz CT molecular complexity index is 504. The van der Waals surface area contributed by atoms with Crippen LogP contribution in [0.15, 0.2) is 6.07 Å². The van der Waals surface area contributed by atoms with Crippen LogP contribution in [0.2, 0.25) is 0 Å². The van der Waals surface area contributed by atoms with Gasteiger partial charge in [0, 0.05) is 6.07 Å². The SMILES string of the molecule is NC(=O)c1cc([N+](=O)[O-])c2n1CC(=O)NC2. The van der Waals surface area contributed by atoms with Gasteiger partial charge in [-0.3, -0.25) is 19.7 Å². The van der Waals surface area contributed by atoms with Gasteiger partial charge in [-0.1, -0.05) is 0 Å². The number of nitro groups is 1. The van der Waals surface area contributed by atoms with Crippen LogP contribution in [0, 0.1) is 10.1 Å². The van der Waals surface area contributed by atoms with Crippen LogP contribution < -0.4 is 11.1 Å². The fourth-order valence-electron chi connectivity index (χ4n) is 1.69. The number of nitrogens with two attached hydrogens (primary N) is 1. The smallest absolute Gasteiger partial charge is 0.292 e. The Balaban J connectivity index is 2.61. The van der Waals surface area contributed by atoms with Gasteiger partial charge in [-0.25, -0.2) is 0 Å². The van der Waals surface area contributed by atoms with Crippen LogP contribution in [-0.2, 0) is 17.9 Å². The lowest BCUT2D eigenvalue weighted by molar-refractivity contribution is -0.385. The van der Waals surface area contributed by atoms with Gasteiger partial charge >= 0.3 is 0 Å². The number of primary amides is 1. The lowest BCUT2D eigenvalue weighted by atomic mass is 10.3. The molecule has 84 valence electrons. The number of hydrogen-bond donors (Lipinski definition) is 2. The highest BCUT2D eigenvalue weighted by molar-refractivity contribution is 5.93. The van der Waals surface area contributed by atoms with Crippen LogP contribution >= 0.6 is 0 Å². The number of carbonyl (C=O) groups is 2. The van der Waals surface area contributed by atoms with Crippen molar-refractivity contribution in [2.45, 2.75) is 13.1 Å². The summed E-state index contributed by atoms with van der Waals surface area (Å²) in [6.45, 7) is -0.0934. The van der Waals surface area contributed by atoms with E-state index < -0.39 is 10.8 Å². The zero-order valence-electron chi connectivity index (χ0n) is 8.10. The fraction of sp³-hybridized carbons (Fsp3) is 0.250. The summed E-state index contributed by atoms with van der Waals surface area (Å²) >= 11 is 0. The van der Waals surface area contributed by atoms with Crippen molar-refractivity contribution in [3.63, 3.8) is 0 Å². The quantitative estimate of drug-likeness (QED) is 0.500. The van der Waals surface area contributed by atoms with E-state index in [4.69, 9.17) is 5.73 Å². The molecular formula is C8H8N4O4. The Morgan fingerprint density at radius 2 is 2.31 bits per heavy atom. The predicted octanol–water partition coefficient (Wildman–Crippen LogP) is -0.875. The van der Waals surface area contributed by atoms with Gasteiger partial charge in [0.25, 0.3) is 11.6 Å². The summed E-state index contributed by atoms with van der Waals surface area (Å²) in [5, 5.41) is 13.2. The van der Waals surface area contributed by atoms with E-state index >= 15 is 0 Å². The number of nitrogens with zero attached hydrogens (tertiary/aromatic N) is 2. The van der Waals surface area contributed by atoms with Crippen molar-refractivity contribution in [2.75, 3.05) is 0 Å². The lowest BCUT2D eigenvalue weighted by Crippen LogP contribution is -2.35. The monoisotopic (exact) mass is 224 g/mol. The molecule has 1 aromatic heterocycles. The number of fused-ring (bicyclic) bond motifs is 1. The van der Waals surface area contributed by atoms with Gasteiger partial charge < -0.3 is 15.6 Å². The molecule has 2 heterocycles. The molecule has 0 unspecified atom stereocenters. The second-order valence-corrected chi connectivity index (χ2v) is 3.35. The molecule has 3 N–H and O–H groups in total. The highest BCUT2D eigenvalue weighted by Gasteiger charge is 2.29. The Morgan fingerprint density at radius 3 is 2.88 bits per heavy atom. The van der Waals surface area contributed by atoms with E-state index in [9.17, 15) is 19.7 Å². The molecule has 1 aliphatic rings. The maximum absolute atomic E-state index is 11.1. The first-order chi connectivity index (χ1) is 7.50. The van der Waals surface area contributed by atoms with Gasteiger partial charge in [0.05, 0.1) is 11.5 Å². The maximum Gasteiger partial charge on any atom is 0.292 e. The first kappa shape index (κ1) is 10.1. The van der Waals surface area contributed by atoms with E-state index in [2.05, 4.69) is 5.32 Å². The van der Waals surface area contributed by atoms with Crippen LogP contribution in [0.3, 0.4) is 0 Å². The summed E-state index contributed by atoms with van der Waals surface area (Å²) in [6.07, 6.45) is 0. The average Bonchev–Trinajstić information content (AvgIpc) is 2.56. The fourth-order valence-corrected chi connectivity index (χ4v) is 1.69. The third kappa shape index (κ3) is 1.40. The van der Waals surface area contributed by atoms with Gasteiger partial charge in [0.15, 0.2) is 0 Å². The lowest BCUT2D eigenvalue weighted by Gasteiger charge is -2.16. The van der Waals surface area contributed by atoms with Crippen LogP contribution in [0.4, 0.5) is 5.69 Å². The molecule has 0 aromatic carbocycles. The molecule has 16 heavy (non-hydrogen) atoms. The molecule has 0 fully saturated rings. The molecule has 2 rings (SSSR count). The van der Waals surface area contributed by atoms with Crippen molar-refractivity contribution in [3.05, 3.63) is 27.6 Å². The van der Waals surface area contributed by atoms with Gasteiger partial charge in [0.1, 0.15) is 17.9 Å². The molecule has 0 atom stereocenters. The number of rotatable bonds is 2. The van der Waals surface area contributed by atoms with Crippen LogP contribution in [0.1, 0.15) is 16.2 Å². The van der Waals surface area contributed by atoms with Crippen molar-refractivity contribution < 1.29 is 14.5 Å². The number of nitrogens with one attached hydrogen (secondary N) is 1. The maximum atomic E-state index is 11.1. The molecule has 1 aromatic rings. The van der Waals surface area contributed by atoms with E-state index in [1.807, 2.05) is 0 Å². The zero-order valence-corrected chi connectivity index (χ0v) is 8.10. The van der Waals surface area contributed by atoms with E-state index in [0.29, 0.717) is 5.69 Å². The Kier molecular flexibility index (Phi) is 2.11. The highest BCUT2D eigenvalue weighted by Crippen LogP contribution is 2.25. The molecular weight excluding hydrogens is 216 g/mol. The summed E-state index contributed by atoms with van der Waals surface area (Å²) in [5.41, 5.74) is 5.16. The summed E-state index contributed by atoms with van der Waals surface area (Å²) in [4.78, 5) is 32.3. The molecule has 0 spiro atoms. The first-order valence-corrected chi connectivity index (χ1v) is 4.44. The van der Waals surface area contributed by atoms with Crippen molar-refractivity contribution in [3.8, 4) is 0 Å². The minimum Gasteiger partial charge on any atom is -0.364 e. The molecule has 8 nitrogen and oxygen atoms in total. The van der Waals surface area contributed by atoms with Gasteiger partial charge in [-0.05, 0) is 0 Å². The molecule has 0 saturated carbocycles. The van der Waals surface area contributed by atoms with Crippen LogP contribution in [0.5, 0.6) is 0 Å². The summed E-state index contributed by atoms with van der Waals surface area (Å²) in [5.74, 6) is -1.09. The minimum atomic E-state index is -0.788. The first-order valence-electron chi connectivity index (χ1n) is 4.44. The number of carbonyl (C=O) groups excluding carboxylic acids is 2. The molecule has 0 aliphatic carbocycles. The standard InChI is InChI=1S/C8H8N4O4/c9-8(14)5-1-4(12(15)16)6-2-10-7(13)3-11(5)6/h1H,2-3H2,(H2,9,14)(H,10,13). The molecule has 0 bridgehead atoms. The Morgan fingerprint density at radius 1 is 1.62 bits per heavy atom. The third-order valence-electron chi connectivity index (χ3n) is 2.39. The third-order valence-corrected chi connectivity index (χ3v) is 2.39. The molecule has 2 amide bonds. The summed E-state index contributed by atoms with van der Waals surface area (Å²) in [7, 11) is 0. The molecule has 0 saturated heterocycles. The van der Waals surface area contributed by atoms with E-state index in [0.717, 1.165) is 6.07 Å². The second kappa shape index (κ2) is 3.33. The number of amides is 2. The normalized spacial score (nSPS) is 14.1. The Labute approximate surface area is 89.2 Å². The Hall–Kier alpha value is -2.38. The van der Waals surface area contributed by atoms with E-state index in [-0.39, 0.29) is 30.4 Å². The largest absolute Gasteiger partial charge is 0.364 e. The molecule has 0 radical (unpaired) electrons. The van der Waals surface area contributed by atoms with Crippen molar-refractivity contribution in [1.82, 2.24) is 9.88 Å². The highest BCUT2D eigenvalue weighted by atomic mass is 16.6. The van der Waals surface area contributed by atoms with Gasteiger partial charge in [-0.2, -0.15) is 0 Å². The minimum absolute atomic E-state index is 0.0171. The number of hydrogen-bond acceptors (Lipinski definition) is 4. The van der Waals surface area contributed by atoms with Gasteiger partial charge in [-0.15, -0.1) is 0 Å². The van der Waals surface area contributed by atoms with Gasteiger partial charge in [0.2, 0.25) is 5.91 Å². The van der Waals surface area contributed by atoms with E-state index in [1.165, 1.54) is 4.57 Å².